The topological polar surface area (TPSA) is 51.2 Å². The van der Waals surface area contributed by atoms with E-state index in [-0.39, 0.29) is 6.04 Å². The molecular formula is C22H26F2N2O2. The van der Waals surface area contributed by atoms with E-state index in [9.17, 15) is 13.6 Å². The number of pyridine rings is 1. The highest BCUT2D eigenvalue weighted by atomic mass is 19.3. The lowest BCUT2D eigenvalue weighted by molar-refractivity contribution is 0.0815. The third-order valence-corrected chi connectivity index (χ3v) is 4.66. The zero-order valence-electron chi connectivity index (χ0n) is 16.6. The molecule has 0 aliphatic heterocycles. The number of ether oxygens (including phenoxy) is 1. The molecule has 28 heavy (non-hydrogen) atoms. The van der Waals surface area contributed by atoms with Crippen LogP contribution in [0, 0.1) is 6.92 Å². The molecule has 6 heteroatoms. The average Bonchev–Trinajstić information content (AvgIpc) is 2.69. The predicted octanol–water partition coefficient (Wildman–Crippen LogP) is 3.52. The summed E-state index contributed by atoms with van der Waals surface area (Å²) < 4.78 is 29.8. The zero-order valence-corrected chi connectivity index (χ0v) is 16.6. The Hall–Kier alpha value is -2.76. The standard InChI is InChI=1S/C22H26F2N2O2/c1-5-14(2)18-8-9-25-20(12-27)19(18)11-26-16(4)17-6-7-21(15(3)10-17)28-13-22(23)24/h6-12,16,22,26H,5,13H2,1-4H3/b18-14-,19-11+. The van der Waals surface area contributed by atoms with Crippen molar-refractivity contribution in [2.24, 2.45) is 0 Å². The van der Waals surface area contributed by atoms with Gasteiger partial charge in [-0.3, -0.25) is 9.78 Å². The fraction of sp³-hybridized carbons (Fsp3) is 0.364. The van der Waals surface area contributed by atoms with Crippen LogP contribution in [0.25, 0.3) is 11.8 Å². The summed E-state index contributed by atoms with van der Waals surface area (Å²) in [7, 11) is 0. The molecular weight excluding hydrogens is 362 g/mol. The molecule has 4 nitrogen and oxygen atoms in total. The van der Waals surface area contributed by atoms with Gasteiger partial charge in [0.05, 0.1) is 0 Å². The minimum Gasteiger partial charge on any atom is -0.487 e. The smallest absolute Gasteiger partial charge is 0.272 e. The van der Waals surface area contributed by atoms with Gasteiger partial charge in [-0.1, -0.05) is 24.6 Å². The van der Waals surface area contributed by atoms with E-state index in [2.05, 4.69) is 17.2 Å². The zero-order chi connectivity index (χ0) is 20.7. The number of aldehydes is 1. The van der Waals surface area contributed by atoms with E-state index >= 15 is 0 Å². The van der Waals surface area contributed by atoms with Gasteiger partial charge < -0.3 is 10.1 Å². The number of aryl methyl sites for hydroxylation is 1. The second-order valence-corrected chi connectivity index (χ2v) is 6.67. The molecule has 2 aromatic rings. The first-order valence-corrected chi connectivity index (χ1v) is 9.25. The Morgan fingerprint density at radius 1 is 1.32 bits per heavy atom. The molecule has 1 heterocycles. The molecule has 0 saturated heterocycles. The number of nitrogens with one attached hydrogen (secondary N) is 1. The van der Waals surface area contributed by atoms with Crippen LogP contribution < -0.4 is 20.5 Å². The highest BCUT2D eigenvalue weighted by molar-refractivity contribution is 5.73. The number of carbonyl (C=O) groups is 1. The van der Waals surface area contributed by atoms with Crippen molar-refractivity contribution in [3.8, 4) is 5.75 Å². The van der Waals surface area contributed by atoms with E-state index in [0.29, 0.717) is 11.4 Å². The van der Waals surface area contributed by atoms with Crippen LogP contribution in [0.15, 0.2) is 30.5 Å². The number of aromatic nitrogens is 1. The number of nitrogens with zero attached hydrogens (tertiary/aromatic N) is 1. The van der Waals surface area contributed by atoms with Crippen LogP contribution in [-0.2, 0) is 0 Å². The van der Waals surface area contributed by atoms with E-state index < -0.39 is 13.0 Å². The van der Waals surface area contributed by atoms with Gasteiger partial charge in [0.2, 0.25) is 0 Å². The molecule has 150 valence electrons. The minimum atomic E-state index is -2.50. The van der Waals surface area contributed by atoms with Gasteiger partial charge in [0.1, 0.15) is 18.1 Å². The van der Waals surface area contributed by atoms with Crippen molar-refractivity contribution in [1.29, 1.82) is 0 Å². The maximum atomic E-state index is 12.3. The van der Waals surface area contributed by atoms with Gasteiger partial charge in [-0.2, -0.15) is 0 Å². The summed E-state index contributed by atoms with van der Waals surface area (Å²) in [6, 6.07) is 7.29. The van der Waals surface area contributed by atoms with Crippen LogP contribution in [0.1, 0.15) is 54.8 Å². The van der Waals surface area contributed by atoms with Crippen molar-refractivity contribution >= 4 is 18.1 Å². The molecule has 1 N–H and O–H groups in total. The maximum Gasteiger partial charge on any atom is 0.272 e. The number of alkyl halides is 2. The fourth-order valence-electron chi connectivity index (χ4n) is 2.86. The van der Waals surface area contributed by atoms with Gasteiger partial charge in [-0.25, -0.2) is 8.78 Å². The Kier molecular flexibility index (Phi) is 7.67. The van der Waals surface area contributed by atoms with Crippen LogP contribution in [-0.4, -0.2) is 24.3 Å². The normalized spacial score (nSPS) is 14.0. The van der Waals surface area contributed by atoms with Crippen molar-refractivity contribution < 1.29 is 18.3 Å². The molecule has 1 aromatic carbocycles. The van der Waals surface area contributed by atoms with E-state index in [0.717, 1.165) is 34.3 Å². The summed E-state index contributed by atoms with van der Waals surface area (Å²) in [6.45, 7) is 7.29. The lowest BCUT2D eigenvalue weighted by Crippen LogP contribution is -2.34. The van der Waals surface area contributed by atoms with Crippen molar-refractivity contribution in [3.05, 3.63) is 57.7 Å². The summed E-state index contributed by atoms with van der Waals surface area (Å²) in [5.74, 6) is 0.450. The molecule has 0 radical (unpaired) electrons. The number of hydrogen-bond acceptors (Lipinski definition) is 4. The molecule has 1 aromatic heterocycles. The summed E-state index contributed by atoms with van der Waals surface area (Å²) in [5.41, 5.74) is 3.32. The number of benzene rings is 1. The number of halogens is 2. The lowest BCUT2D eigenvalue weighted by Gasteiger charge is -2.15. The molecule has 0 fully saturated rings. The average molecular weight is 388 g/mol. The van der Waals surface area contributed by atoms with Crippen LogP contribution in [0.4, 0.5) is 8.78 Å². The molecule has 0 aliphatic rings. The summed E-state index contributed by atoms with van der Waals surface area (Å²) >= 11 is 0. The van der Waals surface area contributed by atoms with Crippen LogP contribution in [0.5, 0.6) is 5.75 Å². The second-order valence-electron chi connectivity index (χ2n) is 6.67. The number of carbonyl (C=O) groups excluding carboxylic acids is 1. The molecule has 0 bridgehead atoms. The Balaban J connectivity index is 2.30. The van der Waals surface area contributed by atoms with E-state index in [4.69, 9.17) is 4.74 Å². The van der Waals surface area contributed by atoms with Crippen LogP contribution in [0.2, 0.25) is 0 Å². The monoisotopic (exact) mass is 388 g/mol. The SMILES string of the molecule is CC/C(C)=c1/ccnc(C=O)/c1=C/NC(C)c1ccc(OCC(F)F)c(C)c1. The molecule has 0 spiro atoms. The highest BCUT2D eigenvalue weighted by Gasteiger charge is 2.09. The van der Waals surface area contributed by atoms with Gasteiger partial charge in [0.15, 0.2) is 6.29 Å². The van der Waals surface area contributed by atoms with Crippen LogP contribution >= 0.6 is 0 Å². The van der Waals surface area contributed by atoms with Gasteiger partial charge in [-0.05, 0) is 55.7 Å². The summed E-state index contributed by atoms with van der Waals surface area (Å²) in [4.78, 5) is 15.6. The summed E-state index contributed by atoms with van der Waals surface area (Å²) in [6.07, 6.45) is 2.58. The van der Waals surface area contributed by atoms with Gasteiger partial charge in [0.25, 0.3) is 6.43 Å². The van der Waals surface area contributed by atoms with E-state index in [1.807, 2.05) is 45.2 Å². The minimum absolute atomic E-state index is 0.0580. The maximum absolute atomic E-state index is 12.3. The largest absolute Gasteiger partial charge is 0.487 e. The Labute approximate surface area is 163 Å². The van der Waals surface area contributed by atoms with E-state index in [1.165, 1.54) is 5.57 Å². The van der Waals surface area contributed by atoms with E-state index in [1.54, 1.807) is 12.3 Å². The number of rotatable bonds is 8. The molecule has 0 amide bonds. The third kappa shape index (κ3) is 5.38. The second kappa shape index (κ2) is 9.97. The first-order valence-electron chi connectivity index (χ1n) is 9.25. The third-order valence-electron chi connectivity index (χ3n) is 4.66. The Bertz CT molecular complexity index is 942. The fourth-order valence-corrected chi connectivity index (χ4v) is 2.86. The highest BCUT2D eigenvalue weighted by Crippen LogP contribution is 2.23. The van der Waals surface area contributed by atoms with Gasteiger partial charge >= 0.3 is 0 Å². The molecule has 1 atom stereocenters. The Morgan fingerprint density at radius 3 is 2.68 bits per heavy atom. The van der Waals surface area contributed by atoms with Crippen molar-refractivity contribution in [1.82, 2.24) is 10.3 Å². The predicted molar refractivity (Wildman–Crippen MR) is 107 cm³/mol. The molecule has 1 unspecified atom stereocenters. The Morgan fingerprint density at radius 2 is 2.07 bits per heavy atom. The van der Waals surface area contributed by atoms with Crippen LogP contribution in [0.3, 0.4) is 0 Å². The van der Waals surface area contributed by atoms with Crippen molar-refractivity contribution in [3.63, 3.8) is 0 Å². The first-order chi connectivity index (χ1) is 13.4. The lowest BCUT2D eigenvalue weighted by atomic mass is 10.0. The van der Waals surface area contributed by atoms with Crippen molar-refractivity contribution in [2.45, 2.75) is 46.6 Å². The molecule has 2 rings (SSSR count). The number of hydrogen-bond donors (Lipinski definition) is 1. The quantitative estimate of drug-likeness (QED) is 0.703. The van der Waals surface area contributed by atoms with Crippen molar-refractivity contribution in [2.75, 3.05) is 6.61 Å². The van der Waals surface area contributed by atoms with Gasteiger partial charge in [-0.15, -0.1) is 0 Å². The summed E-state index contributed by atoms with van der Waals surface area (Å²) in [5, 5.41) is 5.06. The molecule has 0 saturated carbocycles. The molecule has 0 aliphatic carbocycles. The van der Waals surface area contributed by atoms with Gasteiger partial charge in [0, 0.05) is 23.7 Å². The first kappa shape index (κ1) is 21.5.